The number of carbonyl (C=O) groups is 2. The fourth-order valence-corrected chi connectivity index (χ4v) is 5.19. The van der Waals surface area contributed by atoms with Gasteiger partial charge in [0, 0.05) is 51.2 Å². The lowest BCUT2D eigenvalue weighted by atomic mass is 9.96. The van der Waals surface area contributed by atoms with Gasteiger partial charge in [0.1, 0.15) is 12.4 Å². The van der Waals surface area contributed by atoms with E-state index in [1.165, 1.54) is 6.92 Å². The zero-order valence-corrected chi connectivity index (χ0v) is 26.7. The number of amides is 3. The third-order valence-corrected chi connectivity index (χ3v) is 7.55. The normalized spacial score (nSPS) is 14.1. The Bertz CT molecular complexity index is 1430. The second-order valence-corrected chi connectivity index (χ2v) is 10.8. The number of piperazine rings is 1. The molecular formula is C31H39ClN6O8. The van der Waals surface area contributed by atoms with Crippen LogP contribution in [-0.4, -0.2) is 104 Å². The molecule has 0 spiro atoms. The monoisotopic (exact) mass is 658 g/mol. The summed E-state index contributed by atoms with van der Waals surface area (Å²) in [5.74, 6) is 0.185. The smallest absolute Gasteiger partial charge is 0.344 e. The van der Waals surface area contributed by atoms with Gasteiger partial charge in [0.05, 0.1) is 37.4 Å². The van der Waals surface area contributed by atoms with Gasteiger partial charge in [-0.3, -0.25) is 19.8 Å². The van der Waals surface area contributed by atoms with Crippen molar-refractivity contribution in [3.05, 3.63) is 86.2 Å². The lowest BCUT2D eigenvalue weighted by Gasteiger charge is -2.39. The Morgan fingerprint density at radius 1 is 0.957 bits per heavy atom. The van der Waals surface area contributed by atoms with Crippen molar-refractivity contribution >= 4 is 29.2 Å². The van der Waals surface area contributed by atoms with Crippen LogP contribution in [0.1, 0.15) is 40.3 Å². The number of hydrogen-bond acceptors (Lipinski definition) is 10. The molecule has 1 fully saturated rings. The van der Waals surface area contributed by atoms with Crippen LogP contribution >= 0.6 is 11.6 Å². The first-order valence-corrected chi connectivity index (χ1v) is 15.5. The van der Waals surface area contributed by atoms with Crippen LogP contribution in [0.2, 0.25) is 5.02 Å². The Morgan fingerprint density at radius 3 is 2.20 bits per heavy atom. The van der Waals surface area contributed by atoms with Crippen LogP contribution in [0.25, 0.3) is 0 Å². The fraction of sp³-hybridized carbons (Fsp3) is 0.452. The molecule has 0 bridgehead atoms. The molecule has 1 aromatic heterocycles. The van der Waals surface area contributed by atoms with Gasteiger partial charge in [-0.2, -0.15) is 0 Å². The number of benzene rings is 2. The standard InChI is InChI=1S/C31H39ClN6O8/c1-3-33-31(40)34-12-17-43-18-19-44-20-21-45-26-10-6-24(7-11-26)29(23-4-8-25(32)9-5-23)36-13-15-37(16-14-36)30(39)27-28(38(41)42)22(2)46-35-27/h4-11,29H,3,12-21H2,1-2H3,(H2,33,34,40). The number of rotatable bonds is 16. The number of nitro groups is 1. The van der Waals surface area contributed by atoms with Crippen LogP contribution in [0.15, 0.2) is 53.1 Å². The van der Waals surface area contributed by atoms with Gasteiger partial charge in [-0.1, -0.05) is 41.0 Å². The van der Waals surface area contributed by atoms with Crippen LogP contribution in [0.5, 0.6) is 5.75 Å². The Labute approximate surface area is 272 Å². The first-order valence-electron chi connectivity index (χ1n) is 15.1. The molecule has 4 rings (SSSR count). The quantitative estimate of drug-likeness (QED) is 0.131. The summed E-state index contributed by atoms with van der Waals surface area (Å²) in [5, 5.41) is 21.1. The molecule has 1 saturated heterocycles. The average Bonchev–Trinajstić information content (AvgIpc) is 3.45. The third-order valence-electron chi connectivity index (χ3n) is 7.30. The van der Waals surface area contributed by atoms with E-state index in [0.29, 0.717) is 83.1 Å². The highest BCUT2D eigenvalue weighted by Crippen LogP contribution is 2.32. The van der Waals surface area contributed by atoms with Crippen LogP contribution in [0.4, 0.5) is 10.5 Å². The zero-order chi connectivity index (χ0) is 32.9. The van der Waals surface area contributed by atoms with Gasteiger partial charge in [0.15, 0.2) is 0 Å². The minimum Gasteiger partial charge on any atom is -0.491 e. The average molecular weight is 659 g/mol. The molecule has 14 nitrogen and oxygen atoms in total. The number of aromatic nitrogens is 1. The minimum atomic E-state index is -0.638. The number of nitrogens with zero attached hydrogens (tertiary/aromatic N) is 4. The van der Waals surface area contributed by atoms with Crippen LogP contribution in [0.3, 0.4) is 0 Å². The number of ether oxygens (including phenoxy) is 3. The second-order valence-electron chi connectivity index (χ2n) is 10.4. The van der Waals surface area contributed by atoms with Gasteiger partial charge in [-0.05, 0) is 42.3 Å². The molecule has 0 saturated carbocycles. The maximum absolute atomic E-state index is 13.1. The summed E-state index contributed by atoms with van der Waals surface area (Å²) in [5.41, 5.74) is 1.40. The third kappa shape index (κ3) is 9.63. The molecule has 2 aromatic carbocycles. The van der Waals surface area contributed by atoms with Crippen molar-refractivity contribution in [2.24, 2.45) is 0 Å². The summed E-state index contributed by atoms with van der Waals surface area (Å²) in [6, 6.07) is 15.2. The van der Waals surface area contributed by atoms with Gasteiger partial charge in [-0.15, -0.1) is 0 Å². The molecule has 1 aliphatic heterocycles. The predicted octanol–water partition coefficient (Wildman–Crippen LogP) is 3.82. The first-order chi connectivity index (χ1) is 22.3. The number of aryl methyl sites for hydroxylation is 1. The van der Waals surface area contributed by atoms with Crippen molar-refractivity contribution in [1.82, 2.24) is 25.6 Å². The maximum atomic E-state index is 13.1. The molecule has 248 valence electrons. The van der Waals surface area contributed by atoms with Crippen LogP contribution in [0, 0.1) is 17.0 Å². The molecular weight excluding hydrogens is 620 g/mol. The molecule has 15 heteroatoms. The largest absolute Gasteiger partial charge is 0.491 e. The van der Waals surface area contributed by atoms with E-state index in [4.69, 9.17) is 30.3 Å². The Hall–Kier alpha value is -4.24. The molecule has 46 heavy (non-hydrogen) atoms. The molecule has 2 N–H and O–H groups in total. The van der Waals surface area contributed by atoms with Gasteiger partial charge >= 0.3 is 11.7 Å². The molecule has 0 radical (unpaired) electrons. The molecule has 0 aliphatic carbocycles. The minimum absolute atomic E-state index is 0.000143. The second kappa shape index (κ2) is 17.5. The van der Waals surface area contributed by atoms with Crippen molar-refractivity contribution in [2.75, 3.05) is 72.3 Å². The Balaban J connectivity index is 1.27. The van der Waals surface area contributed by atoms with Gasteiger partial charge in [-0.25, -0.2) is 4.79 Å². The number of nitrogens with one attached hydrogen (secondary N) is 2. The molecule has 3 amide bonds. The summed E-state index contributed by atoms with van der Waals surface area (Å²) < 4.78 is 21.8. The lowest BCUT2D eigenvalue weighted by Crippen LogP contribution is -2.50. The molecule has 1 unspecified atom stereocenters. The summed E-state index contributed by atoms with van der Waals surface area (Å²) in [6.07, 6.45) is 0. The fourth-order valence-electron chi connectivity index (χ4n) is 5.06. The van der Waals surface area contributed by atoms with E-state index in [0.717, 1.165) is 11.1 Å². The van der Waals surface area contributed by atoms with Crippen molar-refractivity contribution in [3.63, 3.8) is 0 Å². The predicted molar refractivity (Wildman–Crippen MR) is 169 cm³/mol. The summed E-state index contributed by atoms with van der Waals surface area (Å²) in [6.45, 7) is 8.08. The van der Waals surface area contributed by atoms with E-state index >= 15 is 0 Å². The van der Waals surface area contributed by atoms with Crippen molar-refractivity contribution in [1.29, 1.82) is 0 Å². The highest BCUT2D eigenvalue weighted by Gasteiger charge is 2.35. The number of carbonyl (C=O) groups excluding carboxylic acids is 2. The van der Waals surface area contributed by atoms with E-state index in [1.54, 1.807) is 4.90 Å². The van der Waals surface area contributed by atoms with Crippen molar-refractivity contribution < 1.29 is 33.2 Å². The van der Waals surface area contributed by atoms with Gasteiger partial charge < -0.3 is 34.3 Å². The van der Waals surface area contributed by atoms with Crippen molar-refractivity contribution in [2.45, 2.75) is 19.9 Å². The maximum Gasteiger partial charge on any atom is 0.344 e. The van der Waals surface area contributed by atoms with E-state index in [2.05, 4.69) is 20.7 Å². The van der Waals surface area contributed by atoms with Crippen LogP contribution < -0.4 is 15.4 Å². The highest BCUT2D eigenvalue weighted by molar-refractivity contribution is 6.30. The van der Waals surface area contributed by atoms with E-state index in [9.17, 15) is 19.7 Å². The van der Waals surface area contributed by atoms with E-state index < -0.39 is 16.5 Å². The Morgan fingerprint density at radius 2 is 1.57 bits per heavy atom. The highest BCUT2D eigenvalue weighted by atomic mass is 35.5. The summed E-state index contributed by atoms with van der Waals surface area (Å²) in [7, 11) is 0. The number of hydrogen-bond donors (Lipinski definition) is 2. The zero-order valence-electron chi connectivity index (χ0n) is 25.9. The van der Waals surface area contributed by atoms with Gasteiger partial charge in [0.25, 0.3) is 5.91 Å². The first kappa shape index (κ1) is 34.6. The summed E-state index contributed by atoms with van der Waals surface area (Å²) in [4.78, 5) is 39.0. The SMILES string of the molecule is CCNC(=O)NCCOCCOCCOc1ccc(C(c2ccc(Cl)cc2)N2CCN(C(=O)c3noc(C)c3[N+](=O)[O-])CC2)cc1. The molecule has 3 aromatic rings. The number of urea groups is 1. The molecule has 1 aliphatic rings. The lowest BCUT2D eigenvalue weighted by molar-refractivity contribution is -0.386. The van der Waals surface area contributed by atoms with E-state index in [-0.39, 0.29) is 23.5 Å². The molecule has 1 atom stereocenters. The van der Waals surface area contributed by atoms with E-state index in [1.807, 2.05) is 55.5 Å². The molecule has 2 heterocycles. The number of halogens is 1. The topological polar surface area (TPSA) is 162 Å². The van der Waals surface area contributed by atoms with Crippen LogP contribution in [-0.2, 0) is 9.47 Å². The van der Waals surface area contributed by atoms with Crippen molar-refractivity contribution in [3.8, 4) is 5.75 Å². The Kier molecular flexibility index (Phi) is 13.1. The van der Waals surface area contributed by atoms with Gasteiger partial charge in [0.2, 0.25) is 11.5 Å². The summed E-state index contributed by atoms with van der Waals surface area (Å²) >= 11 is 6.18.